The van der Waals surface area contributed by atoms with E-state index in [4.69, 9.17) is 14.2 Å². The Morgan fingerprint density at radius 3 is 2.15 bits per heavy atom. The third-order valence-electron chi connectivity index (χ3n) is 5.12. The molecule has 26 heavy (non-hydrogen) atoms. The molecule has 0 radical (unpaired) electrons. The van der Waals surface area contributed by atoms with E-state index in [1.807, 2.05) is 6.42 Å². The molecule has 3 unspecified atom stereocenters. The molecule has 10 heteroatoms. The van der Waals surface area contributed by atoms with Crippen molar-refractivity contribution >= 4 is 22.1 Å². The van der Waals surface area contributed by atoms with Gasteiger partial charge in [0.1, 0.15) is 0 Å². The molecule has 2 rings (SSSR count). The molecule has 2 saturated carbocycles. The zero-order valence-corrected chi connectivity index (χ0v) is 18.3. The second kappa shape index (κ2) is 9.84. The van der Waals surface area contributed by atoms with E-state index in [1.54, 1.807) is 0 Å². The van der Waals surface area contributed by atoms with Gasteiger partial charge in [-0.2, -0.15) is 21.3 Å². The summed E-state index contributed by atoms with van der Waals surface area (Å²) in [6.07, 6.45) is 3.36. The van der Waals surface area contributed by atoms with Crippen LogP contribution in [0.25, 0.3) is 0 Å². The molecule has 2 aliphatic carbocycles. The van der Waals surface area contributed by atoms with E-state index < -0.39 is 44.9 Å². The van der Waals surface area contributed by atoms with Gasteiger partial charge < -0.3 is 20.6 Å². The van der Waals surface area contributed by atoms with Gasteiger partial charge in [-0.25, -0.2) is 0 Å². The second-order valence-corrected chi connectivity index (χ2v) is 8.27. The maximum atomic E-state index is 12.2. The minimum absolute atomic E-state index is 0. The van der Waals surface area contributed by atoms with Gasteiger partial charge >= 0.3 is 41.5 Å². The minimum Gasteiger partial charge on any atom is -0.469 e. The van der Waals surface area contributed by atoms with Gasteiger partial charge in [-0.1, -0.05) is 0 Å². The van der Waals surface area contributed by atoms with Gasteiger partial charge in [0.15, 0.2) is 4.93 Å². The van der Waals surface area contributed by atoms with Gasteiger partial charge in [0.25, 0.3) is 10.1 Å². The fraction of sp³-hybridized carbons (Fsp3) is 0.812. The quantitative estimate of drug-likeness (QED) is 0.257. The van der Waals surface area contributed by atoms with E-state index in [-0.39, 0.29) is 48.8 Å². The minimum atomic E-state index is -4.46. The van der Waals surface area contributed by atoms with Gasteiger partial charge in [-0.05, 0) is 32.1 Å². The molecule has 0 saturated heterocycles. The maximum Gasteiger partial charge on any atom is 1.00 e. The van der Waals surface area contributed by atoms with Gasteiger partial charge in [0.2, 0.25) is 0 Å². The van der Waals surface area contributed by atoms with Crippen molar-refractivity contribution in [1.82, 2.24) is 0 Å². The zero-order chi connectivity index (χ0) is 18.7. The molecule has 0 aromatic heterocycles. The Hall–Kier alpha value is -0.190. The smallest absolute Gasteiger partial charge is 0.469 e. The van der Waals surface area contributed by atoms with Crippen LogP contribution in [0.15, 0.2) is 0 Å². The first-order valence-electron chi connectivity index (χ1n) is 8.36. The summed E-state index contributed by atoms with van der Waals surface area (Å²) in [5, 5.41) is 0. The van der Waals surface area contributed by atoms with Crippen molar-refractivity contribution in [2.45, 2.75) is 56.0 Å². The number of carbonyl (C=O) groups is 2. The molecule has 0 aromatic carbocycles. The monoisotopic (exact) mass is 400 g/mol. The number of ether oxygens (including phenoxy) is 3. The van der Waals surface area contributed by atoms with Gasteiger partial charge in [0, 0.05) is 0 Å². The SMILES string of the molecule is COC(=O)C1CCC(OC2(S(=O)(=O)O)CC[CH-]CC2)C(C(=O)OC)C1.[Na+]. The summed E-state index contributed by atoms with van der Waals surface area (Å²) in [6.45, 7) is 0. The fourth-order valence-corrected chi connectivity index (χ4v) is 4.69. The summed E-state index contributed by atoms with van der Waals surface area (Å²) >= 11 is 0. The van der Waals surface area contributed by atoms with E-state index in [2.05, 4.69) is 0 Å². The Morgan fingerprint density at radius 2 is 1.65 bits per heavy atom. The van der Waals surface area contributed by atoms with Crippen molar-refractivity contribution < 1.29 is 66.3 Å². The normalized spacial score (nSPS) is 28.5. The molecular formula is C16H25NaO8S. The van der Waals surface area contributed by atoms with Gasteiger partial charge in [-0.3, -0.25) is 14.1 Å². The van der Waals surface area contributed by atoms with E-state index in [0.717, 1.165) is 0 Å². The Balaban J connectivity index is 0.00000338. The van der Waals surface area contributed by atoms with Crippen LogP contribution < -0.4 is 29.6 Å². The number of esters is 2. The number of hydrogen-bond donors (Lipinski definition) is 1. The first-order chi connectivity index (χ1) is 11.7. The summed E-state index contributed by atoms with van der Waals surface area (Å²) in [6, 6.07) is 0. The topological polar surface area (TPSA) is 116 Å². The van der Waals surface area contributed by atoms with E-state index in [0.29, 0.717) is 25.7 Å². The number of methoxy groups -OCH3 is 2. The third-order valence-corrected chi connectivity index (χ3v) is 6.57. The molecule has 0 aliphatic heterocycles. The summed E-state index contributed by atoms with van der Waals surface area (Å²) in [5.74, 6) is -2.22. The Kier molecular flexibility index (Phi) is 9.02. The summed E-state index contributed by atoms with van der Waals surface area (Å²) in [5.41, 5.74) is 0. The van der Waals surface area contributed by atoms with Crippen molar-refractivity contribution in [3.8, 4) is 0 Å². The van der Waals surface area contributed by atoms with Crippen LogP contribution in [0.3, 0.4) is 0 Å². The van der Waals surface area contributed by atoms with Gasteiger partial charge in [0.05, 0.1) is 32.2 Å². The summed E-state index contributed by atoms with van der Waals surface area (Å²) < 4.78 is 49.1. The van der Waals surface area contributed by atoms with E-state index >= 15 is 0 Å². The van der Waals surface area contributed by atoms with Crippen LogP contribution in [0.1, 0.15) is 44.9 Å². The van der Waals surface area contributed by atoms with Crippen molar-refractivity contribution in [2.75, 3.05) is 14.2 Å². The van der Waals surface area contributed by atoms with Crippen LogP contribution in [-0.4, -0.2) is 50.2 Å². The molecule has 3 atom stereocenters. The van der Waals surface area contributed by atoms with Crippen LogP contribution in [0.5, 0.6) is 0 Å². The molecule has 1 N–H and O–H groups in total. The second-order valence-electron chi connectivity index (χ2n) is 6.57. The van der Waals surface area contributed by atoms with Crippen LogP contribution in [0.2, 0.25) is 0 Å². The molecule has 8 nitrogen and oxygen atoms in total. The Labute approximate surface area is 176 Å². The van der Waals surface area contributed by atoms with Crippen molar-refractivity contribution in [3.05, 3.63) is 6.42 Å². The van der Waals surface area contributed by atoms with Gasteiger partial charge in [-0.15, -0.1) is 0 Å². The largest absolute Gasteiger partial charge is 1.00 e. The predicted octanol–water partition coefficient (Wildman–Crippen LogP) is -1.50. The molecule has 0 amide bonds. The maximum absolute atomic E-state index is 12.2. The van der Waals surface area contributed by atoms with Crippen LogP contribution in [0, 0.1) is 18.3 Å². The molecular weight excluding hydrogens is 375 g/mol. The average Bonchev–Trinajstić information content (AvgIpc) is 2.60. The Bertz CT molecular complexity index is 599. The van der Waals surface area contributed by atoms with E-state index in [1.165, 1.54) is 14.2 Å². The van der Waals surface area contributed by atoms with Crippen LogP contribution in [-0.2, 0) is 33.9 Å². The molecule has 144 valence electrons. The van der Waals surface area contributed by atoms with Crippen LogP contribution in [0.4, 0.5) is 0 Å². The van der Waals surface area contributed by atoms with E-state index in [9.17, 15) is 22.6 Å². The summed E-state index contributed by atoms with van der Waals surface area (Å²) in [4.78, 5) is 22.2. The number of carbonyl (C=O) groups excluding carboxylic acids is 2. The molecule has 0 heterocycles. The molecule has 0 bridgehead atoms. The zero-order valence-electron chi connectivity index (χ0n) is 15.5. The van der Waals surface area contributed by atoms with Crippen molar-refractivity contribution in [1.29, 1.82) is 0 Å². The first-order valence-corrected chi connectivity index (χ1v) is 9.80. The molecule has 0 spiro atoms. The molecule has 0 aromatic rings. The number of rotatable bonds is 5. The standard InChI is InChI=1S/C16H25O8S.Na/c1-22-14(17)11-6-7-13(12(10-11)15(18)23-2)24-16(25(19,20)21)8-4-3-5-9-16;/h3,11-13H,4-10H2,1-2H3,(H,19,20,21);/q-1;+1. The molecule has 2 fully saturated rings. The first kappa shape index (κ1) is 23.8. The number of hydrogen-bond acceptors (Lipinski definition) is 7. The fourth-order valence-electron chi connectivity index (χ4n) is 3.69. The molecule has 2 aliphatic rings. The summed E-state index contributed by atoms with van der Waals surface area (Å²) in [7, 11) is -1.95. The van der Waals surface area contributed by atoms with Crippen LogP contribution >= 0.6 is 0 Å². The third kappa shape index (κ3) is 5.20. The van der Waals surface area contributed by atoms with Crippen molar-refractivity contribution in [3.63, 3.8) is 0 Å². The average molecular weight is 400 g/mol. The Morgan fingerprint density at radius 1 is 1.08 bits per heavy atom. The van der Waals surface area contributed by atoms with Crippen molar-refractivity contribution in [2.24, 2.45) is 11.8 Å². The predicted molar refractivity (Wildman–Crippen MR) is 86.8 cm³/mol.